The molecule has 1 N–H and O–H groups in total. The molecule has 132 valence electrons. The minimum absolute atomic E-state index is 0.0846. The Morgan fingerprint density at radius 2 is 1.92 bits per heavy atom. The second-order valence-electron chi connectivity index (χ2n) is 5.80. The average molecular weight is 348 g/mol. The molecule has 6 heteroatoms. The lowest BCUT2D eigenvalue weighted by Gasteiger charge is -2.22. The normalized spacial score (nSPS) is 10.9. The quantitative estimate of drug-likeness (QED) is 0.827. The van der Waals surface area contributed by atoms with Crippen molar-refractivity contribution < 1.29 is 9.53 Å². The molecule has 0 saturated heterocycles. The fraction of sp³-hybridized carbons (Fsp3) is 0.250. The van der Waals surface area contributed by atoms with E-state index in [0.717, 1.165) is 5.69 Å². The van der Waals surface area contributed by atoms with Gasteiger partial charge in [-0.05, 0) is 43.3 Å². The number of rotatable bonds is 7. The monoisotopic (exact) mass is 348 g/mol. The molecule has 1 amide bonds. The lowest BCUT2D eigenvalue weighted by Crippen LogP contribution is -2.39. The molecule has 6 nitrogen and oxygen atoms in total. The highest BCUT2D eigenvalue weighted by Gasteiger charge is 2.17. The highest BCUT2D eigenvalue weighted by molar-refractivity contribution is 5.84. The van der Waals surface area contributed by atoms with Crippen LogP contribution in [0.1, 0.15) is 18.9 Å². The zero-order chi connectivity index (χ0) is 18.9. The number of amides is 1. The summed E-state index contributed by atoms with van der Waals surface area (Å²) in [4.78, 5) is 13.8. The first kappa shape index (κ1) is 18.8. The fourth-order valence-electron chi connectivity index (χ4n) is 2.35. The van der Waals surface area contributed by atoms with Crippen LogP contribution in [0.15, 0.2) is 48.5 Å². The molecule has 0 fully saturated rings. The number of ether oxygens (including phenoxy) is 1. The van der Waals surface area contributed by atoms with E-state index in [1.165, 1.54) is 4.90 Å². The van der Waals surface area contributed by atoms with Gasteiger partial charge in [-0.1, -0.05) is 6.07 Å². The molecule has 0 spiro atoms. The summed E-state index contributed by atoms with van der Waals surface area (Å²) in [6.07, 6.45) is 0.308. The number of benzene rings is 2. The summed E-state index contributed by atoms with van der Waals surface area (Å²) in [5, 5.41) is 20.6. The van der Waals surface area contributed by atoms with Gasteiger partial charge in [0.1, 0.15) is 17.5 Å². The molecule has 0 heterocycles. The molecule has 0 aromatic heterocycles. The van der Waals surface area contributed by atoms with Gasteiger partial charge in [-0.15, -0.1) is 0 Å². The van der Waals surface area contributed by atoms with E-state index in [-0.39, 0.29) is 5.91 Å². The minimum atomic E-state index is -0.427. The first-order valence-electron chi connectivity index (χ1n) is 8.20. The Balaban J connectivity index is 2.00. The SMILES string of the molecule is CC(Nc1cccc(Oc2ccc(C#N)cc2)c1)C(=O)N(C)CCC#N. The Morgan fingerprint density at radius 3 is 2.58 bits per heavy atom. The predicted molar refractivity (Wildman–Crippen MR) is 98.6 cm³/mol. The lowest BCUT2D eigenvalue weighted by atomic mass is 10.2. The molecule has 2 aromatic rings. The Morgan fingerprint density at radius 1 is 1.19 bits per heavy atom. The average Bonchev–Trinajstić information content (AvgIpc) is 2.66. The van der Waals surface area contributed by atoms with Crippen molar-refractivity contribution >= 4 is 11.6 Å². The lowest BCUT2D eigenvalue weighted by molar-refractivity contribution is -0.130. The number of likely N-dealkylation sites (N-methyl/N-ethyl adjacent to an activating group) is 1. The second-order valence-corrected chi connectivity index (χ2v) is 5.80. The van der Waals surface area contributed by atoms with E-state index in [2.05, 4.69) is 11.4 Å². The fourth-order valence-corrected chi connectivity index (χ4v) is 2.35. The highest BCUT2D eigenvalue weighted by Crippen LogP contribution is 2.24. The summed E-state index contributed by atoms with van der Waals surface area (Å²) >= 11 is 0. The van der Waals surface area contributed by atoms with E-state index >= 15 is 0 Å². The van der Waals surface area contributed by atoms with Gasteiger partial charge in [-0.25, -0.2) is 0 Å². The minimum Gasteiger partial charge on any atom is -0.457 e. The van der Waals surface area contributed by atoms with E-state index in [9.17, 15) is 4.79 Å². The van der Waals surface area contributed by atoms with Crippen LogP contribution in [0.4, 0.5) is 5.69 Å². The number of nitrogens with zero attached hydrogens (tertiary/aromatic N) is 3. The van der Waals surface area contributed by atoms with Gasteiger partial charge < -0.3 is 15.0 Å². The summed E-state index contributed by atoms with van der Waals surface area (Å²) < 4.78 is 5.78. The van der Waals surface area contributed by atoms with Gasteiger partial charge in [0.25, 0.3) is 0 Å². The maximum absolute atomic E-state index is 12.3. The maximum Gasteiger partial charge on any atom is 0.244 e. The molecule has 0 radical (unpaired) electrons. The highest BCUT2D eigenvalue weighted by atomic mass is 16.5. The van der Waals surface area contributed by atoms with Crippen LogP contribution in [0, 0.1) is 22.7 Å². The van der Waals surface area contributed by atoms with Crippen LogP contribution >= 0.6 is 0 Å². The van der Waals surface area contributed by atoms with E-state index < -0.39 is 6.04 Å². The van der Waals surface area contributed by atoms with Gasteiger partial charge in [0.15, 0.2) is 0 Å². The van der Waals surface area contributed by atoms with E-state index in [1.807, 2.05) is 24.3 Å². The van der Waals surface area contributed by atoms with E-state index in [1.54, 1.807) is 44.3 Å². The molecule has 26 heavy (non-hydrogen) atoms. The van der Waals surface area contributed by atoms with Gasteiger partial charge in [0.05, 0.1) is 24.1 Å². The van der Waals surface area contributed by atoms with E-state index in [0.29, 0.717) is 30.0 Å². The number of hydrogen-bond donors (Lipinski definition) is 1. The Kier molecular flexibility index (Phi) is 6.59. The molecular weight excluding hydrogens is 328 g/mol. The maximum atomic E-state index is 12.3. The van der Waals surface area contributed by atoms with Crippen molar-refractivity contribution in [3.8, 4) is 23.6 Å². The third kappa shape index (κ3) is 5.25. The molecule has 0 bridgehead atoms. The number of carbonyl (C=O) groups excluding carboxylic acids is 1. The van der Waals surface area contributed by atoms with Crippen LogP contribution in [0.2, 0.25) is 0 Å². The summed E-state index contributed by atoms with van der Waals surface area (Å²) in [6, 6.07) is 17.8. The van der Waals surface area contributed by atoms with Gasteiger partial charge in [-0.2, -0.15) is 10.5 Å². The van der Waals surface area contributed by atoms with Crippen molar-refractivity contribution in [3.05, 3.63) is 54.1 Å². The summed E-state index contributed by atoms with van der Waals surface area (Å²) in [7, 11) is 1.68. The molecule has 0 saturated carbocycles. The number of nitriles is 2. The zero-order valence-corrected chi connectivity index (χ0v) is 14.8. The number of hydrogen-bond acceptors (Lipinski definition) is 5. The van der Waals surface area contributed by atoms with Crippen LogP contribution in [-0.4, -0.2) is 30.4 Å². The molecule has 0 aliphatic rings. The predicted octanol–water partition coefficient (Wildman–Crippen LogP) is 3.52. The van der Waals surface area contributed by atoms with Gasteiger partial charge in [0.2, 0.25) is 5.91 Å². The first-order valence-corrected chi connectivity index (χ1v) is 8.20. The standard InChI is InChI=1S/C20H20N4O2/c1-15(20(25)24(2)12-4-11-21)23-17-5-3-6-19(13-17)26-18-9-7-16(14-22)8-10-18/h3,5-10,13,15,23H,4,12H2,1-2H3. The first-order chi connectivity index (χ1) is 12.5. The van der Waals surface area contributed by atoms with Crippen molar-refractivity contribution in [2.24, 2.45) is 0 Å². The number of nitrogens with one attached hydrogen (secondary N) is 1. The Labute approximate surface area is 153 Å². The third-order valence-corrected chi connectivity index (χ3v) is 3.74. The summed E-state index contributed by atoms with van der Waals surface area (Å²) in [5.74, 6) is 1.16. The van der Waals surface area contributed by atoms with Crippen molar-refractivity contribution in [2.75, 3.05) is 18.9 Å². The molecule has 2 aromatic carbocycles. The second kappa shape index (κ2) is 9.10. The molecule has 1 unspecified atom stereocenters. The Bertz CT molecular complexity index is 834. The Hall–Kier alpha value is -3.51. The van der Waals surface area contributed by atoms with Crippen LogP contribution in [0.5, 0.6) is 11.5 Å². The molecule has 0 aliphatic carbocycles. The van der Waals surface area contributed by atoms with Crippen molar-refractivity contribution in [1.29, 1.82) is 10.5 Å². The van der Waals surface area contributed by atoms with Crippen molar-refractivity contribution in [1.82, 2.24) is 4.90 Å². The molecule has 2 rings (SSSR count). The van der Waals surface area contributed by atoms with E-state index in [4.69, 9.17) is 15.3 Å². The molecular formula is C20H20N4O2. The van der Waals surface area contributed by atoms with Gasteiger partial charge in [0, 0.05) is 25.3 Å². The van der Waals surface area contributed by atoms with Gasteiger partial charge >= 0.3 is 0 Å². The van der Waals surface area contributed by atoms with Crippen molar-refractivity contribution in [3.63, 3.8) is 0 Å². The van der Waals surface area contributed by atoms with Crippen LogP contribution < -0.4 is 10.1 Å². The zero-order valence-electron chi connectivity index (χ0n) is 14.8. The number of carbonyl (C=O) groups is 1. The van der Waals surface area contributed by atoms with Crippen molar-refractivity contribution in [2.45, 2.75) is 19.4 Å². The molecule has 0 aliphatic heterocycles. The summed E-state index contributed by atoms with van der Waals surface area (Å²) in [6.45, 7) is 2.18. The topological polar surface area (TPSA) is 89.2 Å². The van der Waals surface area contributed by atoms with Crippen LogP contribution in [0.25, 0.3) is 0 Å². The third-order valence-electron chi connectivity index (χ3n) is 3.74. The largest absolute Gasteiger partial charge is 0.457 e. The summed E-state index contributed by atoms with van der Waals surface area (Å²) in [5.41, 5.74) is 1.33. The van der Waals surface area contributed by atoms with Crippen LogP contribution in [0.3, 0.4) is 0 Å². The van der Waals surface area contributed by atoms with Gasteiger partial charge in [-0.3, -0.25) is 4.79 Å². The van der Waals surface area contributed by atoms with Crippen LogP contribution in [-0.2, 0) is 4.79 Å². The number of anilines is 1. The molecule has 1 atom stereocenters. The smallest absolute Gasteiger partial charge is 0.244 e.